The van der Waals surface area contributed by atoms with Gasteiger partial charge in [-0.1, -0.05) is 12.1 Å². The highest BCUT2D eigenvalue weighted by atomic mass is 16.2. The number of carbonyl (C=O) groups is 2. The molecule has 0 atom stereocenters. The molecule has 10 nitrogen and oxygen atoms in total. The van der Waals surface area contributed by atoms with Crippen LogP contribution in [0.3, 0.4) is 0 Å². The largest absolute Gasteiger partial charge is 0.323 e. The van der Waals surface area contributed by atoms with Crippen LogP contribution in [0.5, 0.6) is 0 Å². The van der Waals surface area contributed by atoms with Gasteiger partial charge in [-0.2, -0.15) is 10.2 Å². The molecule has 0 saturated heterocycles. The molecular weight excluding hydrogens is 420 g/mol. The van der Waals surface area contributed by atoms with E-state index in [1.165, 1.54) is 0 Å². The number of aromatic nitrogens is 6. The molecule has 4 heterocycles. The van der Waals surface area contributed by atoms with Gasteiger partial charge in [0, 0.05) is 51.7 Å². The van der Waals surface area contributed by atoms with Gasteiger partial charge in [0.05, 0.1) is 22.8 Å². The number of hydrogen-bond acceptors (Lipinski definition) is 6. The highest BCUT2D eigenvalue weighted by Gasteiger charge is 2.16. The van der Waals surface area contributed by atoms with Crippen molar-refractivity contribution in [1.82, 2.24) is 29.5 Å². The summed E-state index contributed by atoms with van der Waals surface area (Å²) in [5.74, 6) is -0.382. The van der Waals surface area contributed by atoms with Gasteiger partial charge in [0.15, 0.2) is 0 Å². The molecule has 4 rings (SSSR count). The summed E-state index contributed by atoms with van der Waals surface area (Å²) >= 11 is 0. The van der Waals surface area contributed by atoms with E-state index in [1.807, 2.05) is 36.4 Å². The monoisotopic (exact) mass is 444 g/mol. The minimum atomic E-state index is -0.191. The van der Waals surface area contributed by atoms with Crippen LogP contribution in [0.25, 0.3) is 22.8 Å². The van der Waals surface area contributed by atoms with E-state index >= 15 is 0 Å². The molecule has 0 saturated carbocycles. The molecule has 0 spiro atoms. The van der Waals surface area contributed by atoms with Gasteiger partial charge in [0.25, 0.3) is 0 Å². The van der Waals surface area contributed by atoms with E-state index in [4.69, 9.17) is 0 Å². The van der Waals surface area contributed by atoms with Crippen molar-refractivity contribution < 1.29 is 9.59 Å². The number of amides is 2. The van der Waals surface area contributed by atoms with Gasteiger partial charge in [-0.15, -0.1) is 0 Å². The van der Waals surface area contributed by atoms with Crippen molar-refractivity contribution in [2.75, 3.05) is 10.6 Å². The van der Waals surface area contributed by atoms with Crippen LogP contribution in [0, 0.1) is 0 Å². The standard InChI is InChI=1S/C23H24N8O2/c1-30-14-18(22(28-30)16-8-3-5-12-24-16)26-20(32)10-7-11-21(33)27-19-15-31(2)29-23(19)17-9-4-6-13-25-17/h3-6,8-9,12-15H,7,10-11H2,1-2H3,(H,26,32)(H,27,33). The summed E-state index contributed by atoms with van der Waals surface area (Å²) < 4.78 is 3.25. The molecule has 0 aliphatic rings. The highest BCUT2D eigenvalue weighted by Crippen LogP contribution is 2.25. The smallest absolute Gasteiger partial charge is 0.224 e. The number of pyridine rings is 2. The van der Waals surface area contributed by atoms with Crippen LogP contribution in [-0.2, 0) is 23.7 Å². The maximum absolute atomic E-state index is 12.5. The zero-order valence-electron chi connectivity index (χ0n) is 18.4. The Hall–Kier alpha value is -4.34. The van der Waals surface area contributed by atoms with E-state index < -0.39 is 0 Å². The minimum absolute atomic E-state index is 0.191. The molecule has 4 aromatic heterocycles. The van der Waals surface area contributed by atoms with Gasteiger partial charge < -0.3 is 10.6 Å². The summed E-state index contributed by atoms with van der Waals surface area (Å²) in [6, 6.07) is 11.0. The Kier molecular flexibility index (Phi) is 6.53. The summed E-state index contributed by atoms with van der Waals surface area (Å²) in [6.07, 6.45) is 7.61. The average Bonchev–Trinajstić information content (AvgIpc) is 3.36. The lowest BCUT2D eigenvalue weighted by atomic mass is 10.2. The second-order valence-electron chi connectivity index (χ2n) is 7.51. The molecule has 10 heteroatoms. The van der Waals surface area contributed by atoms with Gasteiger partial charge in [-0.3, -0.25) is 28.9 Å². The van der Waals surface area contributed by atoms with Crippen molar-refractivity contribution in [2.24, 2.45) is 14.1 Å². The molecule has 0 aliphatic carbocycles. The van der Waals surface area contributed by atoms with Crippen LogP contribution >= 0.6 is 0 Å². The fourth-order valence-corrected chi connectivity index (χ4v) is 3.38. The average molecular weight is 444 g/mol. The Bertz CT molecular complexity index is 1150. The molecule has 2 amide bonds. The molecule has 2 N–H and O–H groups in total. The van der Waals surface area contributed by atoms with Gasteiger partial charge in [0.2, 0.25) is 11.8 Å². The second kappa shape index (κ2) is 9.86. The Morgan fingerprint density at radius 1 is 0.758 bits per heavy atom. The van der Waals surface area contributed by atoms with Gasteiger partial charge in [0.1, 0.15) is 11.4 Å². The van der Waals surface area contributed by atoms with E-state index in [2.05, 4.69) is 30.8 Å². The van der Waals surface area contributed by atoms with Crippen molar-refractivity contribution >= 4 is 23.2 Å². The third-order valence-electron chi connectivity index (χ3n) is 4.83. The zero-order chi connectivity index (χ0) is 23.2. The molecule has 4 aromatic rings. The van der Waals surface area contributed by atoms with Crippen LogP contribution in [0.4, 0.5) is 11.4 Å². The first kappa shape index (κ1) is 21.9. The third-order valence-corrected chi connectivity index (χ3v) is 4.83. The second-order valence-corrected chi connectivity index (χ2v) is 7.51. The maximum Gasteiger partial charge on any atom is 0.224 e. The molecule has 0 unspecified atom stereocenters. The van der Waals surface area contributed by atoms with Crippen LogP contribution < -0.4 is 10.6 Å². The van der Waals surface area contributed by atoms with Crippen LogP contribution in [-0.4, -0.2) is 41.3 Å². The summed E-state index contributed by atoms with van der Waals surface area (Å²) in [4.78, 5) is 33.5. The van der Waals surface area contributed by atoms with Crippen molar-refractivity contribution in [2.45, 2.75) is 19.3 Å². The van der Waals surface area contributed by atoms with E-state index in [-0.39, 0.29) is 24.7 Å². The molecule has 0 aliphatic heterocycles. The van der Waals surface area contributed by atoms with Crippen molar-refractivity contribution in [1.29, 1.82) is 0 Å². The summed E-state index contributed by atoms with van der Waals surface area (Å²) in [5, 5.41) is 14.5. The molecule has 0 bridgehead atoms. The Morgan fingerprint density at radius 3 is 1.61 bits per heavy atom. The fourth-order valence-electron chi connectivity index (χ4n) is 3.38. The highest BCUT2D eigenvalue weighted by molar-refractivity contribution is 5.96. The fraction of sp³-hybridized carbons (Fsp3) is 0.217. The summed E-state index contributed by atoms with van der Waals surface area (Å²) in [5.41, 5.74) is 3.72. The zero-order valence-corrected chi connectivity index (χ0v) is 18.4. The number of hydrogen-bond donors (Lipinski definition) is 2. The number of rotatable bonds is 8. The molecule has 0 aromatic carbocycles. The first-order chi connectivity index (χ1) is 16.0. The predicted octanol–water partition coefficient (Wildman–Crippen LogP) is 3.03. The van der Waals surface area contributed by atoms with Crippen LogP contribution in [0.2, 0.25) is 0 Å². The quantitative estimate of drug-likeness (QED) is 0.431. The number of anilines is 2. The molecule has 0 radical (unpaired) electrons. The predicted molar refractivity (Wildman–Crippen MR) is 124 cm³/mol. The summed E-state index contributed by atoms with van der Waals surface area (Å²) in [7, 11) is 3.56. The lowest BCUT2D eigenvalue weighted by Crippen LogP contribution is -2.15. The van der Waals surface area contributed by atoms with E-state index in [1.54, 1.807) is 48.2 Å². The van der Waals surface area contributed by atoms with Gasteiger partial charge >= 0.3 is 0 Å². The number of nitrogens with one attached hydrogen (secondary N) is 2. The van der Waals surface area contributed by atoms with Crippen molar-refractivity contribution in [3.63, 3.8) is 0 Å². The Labute approximate surface area is 190 Å². The normalized spacial score (nSPS) is 10.7. The third kappa shape index (κ3) is 5.48. The Balaban J connectivity index is 1.31. The molecule has 33 heavy (non-hydrogen) atoms. The van der Waals surface area contributed by atoms with Gasteiger partial charge in [-0.05, 0) is 30.7 Å². The minimum Gasteiger partial charge on any atom is -0.323 e. The number of aryl methyl sites for hydroxylation is 2. The molecular formula is C23H24N8O2. The SMILES string of the molecule is Cn1cc(NC(=O)CCCC(=O)Nc2cn(C)nc2-c2ccccn2)c(-c2ccccn2)n1. The number of nitrogens with zero attached hydrogens (tertiary/aromatic N) is 6. The van der Waals surface area contributed by atoms with Crippen LogP contribution in [0.15, 0.2) is 61.2 Å². The molecule has 0 fully saturated rings. The Morgan fingerprint density at radius 2 is 1.21 bits per heavy atom. The first-order valence-electron chi connectivity index (χ1n) is 10.5. The lowest BCUT2D eigenvalue weighted by molar-refractivity contribution is -0.117. The lowest BCUT2D eigenvalue weighted by Gasteiger charge is -2.06. The van der Waals surface area contributed by atoms with E-state index in [0.717, 1.165) is 0 Å². The van der Waals surface area contributed by atoms with Crippen LogP contribution in [0.1, 0.15) is 19.3 Å². The molecule has 168 valence electrons. The van der Waals surface area contributed by atoms with Gasteiger partial charge in [-0.25, -0.2) is 0 Å². The van der Waals surface area contributed by atoms with Crippen molar-refractivity contribution in [3.05, 3.63) is 61.2 Å². The maximum atomic E-state index is 12.5. The van der Waals surface area contributed by atoms with Crippen molar-refractivity contribution in [3.8, 4) is 22.8 Å². The van der Waals surface area contributed by atoms with E-state index in [0.29, 0.717) is 40.6 Å². The first-order valence-corrected chi connectivity index (χ1v) is 10.5. The van der Waals surface area contributed by atoms with E-state index in [9.17, 15) is 9.59 Å². The number of carbonyl (C=O) groups excluding carboxylic acids is 2. The topological polar surface area (TPSA) is 120 Å². The summed E-state index contributed by atoms with van der Waals surface area (Å²) in [6.45, 7) is 0.